The van der Waals surface area contributed by atoms with Crippen LogP contribution in [0.2, 0.25) is 0 Å². The van der Waals surface area contributed by atoms with Gasteiger partial charge in [-0.1, -0.05) is 24.3 Å². The van der Waals surface area contributed by atoms with Gasteiger partial charge in [0.15, 0.2) is 9.84 Å². The van der Waals surface area contributed by atoms with E-state index in [0.717, 1.165) is 42.4 Å². The SMILES string of the molecule is CC(C)Oc1cc2nc(-c3cccc(C(F)(F)F)c3)cc(C(N)=O)c2cc1C1(c2ccc(S(C)(=O)=O)cc2)CC1. The van der Waals surface area contributed by atoms with E-state index in [9.17, 15) is 26.4 Å². The number of nitrogens with zero attached hydrogens (tertiary/aromatic N) is 1. The number of amides is 1. The van der Waals surface area contributed by atoms with Crippen LogP contribution in [0.3, 0.4) is 0 Å². The number of carbonyl (C=O) groups excluding carboxylic acids is 1. The number of sulfone groups is 1. The van der Waals surface area contributed by atoms with Gasteiger partial charge in [-0.25, -0.2) is 13.4 Å². The number of nitrogens with two attached hydrogens (primary N) is 1. The summed E-state index contributed by atoms with van der Waals surface area (Å²) >= 11 is 0. The van der Waals surface area contributed by atoms with Crippen molar-refractivity contribution in [3.8, 4) is 17.0 Å². The first-order valence-electron chi connectivity index (χ1n) is 12.6. The van der Waals surface area contributed by atoms with Crippen molar-refractivity contribution in [2.45, 2.75) is 49.3 Å². The Morgan fingerprint density at radius 2 is 1.70 bits per heavy atom. The molecule has 1 aliphatic rings. The van der Waals surface area contributed by atoms with E-state index in [1.165, 1.54) is 18.2 Å². The van der Waals surface area contributed by atoms with Crippen molar-refractivity contribution in [1.82, 2.24) is 4.98 Å². The molecule has 208 valence electrons. The lowest BCUT2D eigenvalue weighted by molar-refractivity contribution is -0.137. The van der Waals surface area contributed by atoms with Crippen LogP contribution in [0, 0.1) is 0 Å². The van der Waals surface area contributed by atoms with E-state index in [1.54, 1.807) is 30.3 Å². The summed E-state index contributed by atoms with van der Waals surface area (Å²) in [6.45, 7) is 3.74. The first-order valence-corrected chi connectivity index (χ1v) is 14.5. The van der Waals surface area contributed by atoms with Crippen LogP contribution in [-0.4, -0.2) is 31.7 Å². The number of hydrogen-bond acceptors (Lipinski definition) is 5. The summed E-state index contributed by atoms with van der Waals surface area (Å²) in [5.74, 6) is -0.220. The van der Waals surface area contributed by atoms with Crippen molar-refractivity contribution >= 4 is 26.6 Å². The lowest BCUT2D eigenvalue weighted by Crippen LogP contribution is -2.16. The van der Waals surface area contributed by atoms with Crippen LogP contribution < -0.4 is 10.5 Å². The maximum atomic E-state index is 13.4. The molecule has 40 heavy (non-hydrogen) atoms. The molecule has 1 heterocycles. The van der Waals surface area contributed by atoms with Gasteiger partial charge in [0.25, 0.3) is 0 Å². The number of primary amides is 1. The predicted octanol–water partition coefficient (Wildman–Crippen LogP) is 6.29. The Morgan fingerprint density at radius 3 is 2.25 bits per heavy atom. The number of hydrogen-bond donors (Lipinski definition) is 1. The van der Waals surface area contributed by atoms with Crippen molar-refractivity contribution in [3.63, 3.8) is 0 Å². The summed E-state index contributed by atoms with van der Waals surface area (Å²) in [6.07, 6.45) is -2.05. The molecule has 10 heteroatoms. The maximum Gasteiger partial charge on any atom is 0.416 e. The molecule has 1 saturated carbocycles. The van der Waals surface area contributed by atoms with E-state index in [2.05, 4.69) is 4.98 Å². The van der Waals surface area contributed by atoms with E-state index in [4.69, 9.17) is 10.5 Å². The molecule has 0 unspecified atom stereocenters. The third-order valence-corrected chi connectivity index (χ3v) is 8.25. The van der Waals surface area contributed by atoms with Crippen LogP contribution in [0.25, 0.3) is 22.2 Å². The molecule has 0 atom stereocenters. The fourth-order valence-corrected chi connectivity index (χ4v) is 5.68. The number of aromatic nitrogens is 1. The Kier molecular flexibility index (Phi) is 6.65. The minimum Gasteiger partial charge on any atom is -0.491 e. The van der Waals surface area contributed by atoms with Crippen molar-refractivity contribution in [2.75, 3.05) is 6.26 Å². The number of halogens is 3. The number of pyridine rings is 1. The fraction of sp³-hybridized carbons (Fsp3) is 0.267. The summed E-state index contributed by atoms with van der Waals surface area (Å²) < 4.78 is 70.2. The van der Waals surface area contributed by atoms with Crippen molar-refractivity contribution in [1.29, 1.82) is 0 Å². The number of benzene rings is 3. The van der Waals surface area contributed by atoms with Gasteiger partial charge in [-0.05, 0) is 68.7 Å². The molecule has 1 fully saturated rings. The van der Waals surface area contributed by atoms with Gasteiger partial charge in [0, 0.05) is 34.3 Å². The van der Waals surface area contributed by atoms with Gasteiger partial charge in [0.2, 0.25) is 5.91 Å². The van der Waals surface area contributed by atoms with Gasteiger partial charge in [-0.15, -0.1) is 0 Å². The molecule has 1 amide bonds. The molecular weight excluding hydrogens is 541 g/mol. The molecule has 1 aromatic heterocycles. The molecule has 0 radical (unpaired) electrons. The first-order chi connectivity index (χ1) is 18.7. The summed E-state index contributed by atoms with van der Waals surface area (Å²) in [7, 11) is -3.36. The number of fused-ring (bicyclic) bond motifs is 1. The van der Waals surface area contributed by atoms with E-state index in [-0.39, 0.29) is 27.8 Å². The third-order valence-electron chi connectivity index (χ3n) is 7.12. The Labute approximate surface area is 229 Å². The molecule has 6 nitrogen and oxygen atoms in total. The van der Waals surface area contributed by atoms with Gasteiger partial charge in [0.1, 0.15) is 5.75 Å². The van der Waals surface area contributed by atoms with Gasteiger partial charge < -0.3 is 10.5 Å². The zero-order valence-electron chi connectivity index (χ0n) is 22.0. The van der Waals surface area contributed by atoms with E-state index >= 15 is 0 Å². The Morgan fingerprint density at radius 1 is 1.02 bits per heavy atom. The van der Waals surface area contributed by atoms with Crippen molar-refractivity contribution in [2.24, 2.45) is 5.73 Å². The highest BCUT2D eigenvalue weighted by molar-refractivity contribution is 7.90. The molecule has 0 bridgehead atoms. The van der Waals surface area contributed by atoms with Crippen molar-refractivity contribution < 1.29 is 31.1 Å². The average Bonchev–Trinajstić information content (AvgIpc) is 3.68. The smallest absolute Gasteiger partial charge is 0.416 e. The normalized spacial score (nSPS) is 14.9. The predicted molar refractivity (Wildman–Crippen MR) is 146 cm³/mol. The largest absolute Gasteiger partial charge is 0.491 e. The van der Waals surface area contributed by atoms with Crippen molar-refractivity contribution in [3.05, 3.63) is 89.0 Å². The van der Waals surface area contributed by atoms with Gasteiger partial charge >= 0.3 is 6.18 Å². The molecule has 0 spiro atoms. The van der Waals surface area contributed by atoms with Crippen LogP contribution in [0.15, 0.2) is 71.6 Å². The van der Waals surface area contributed by atoms with E-state index in [1.807, 2.05) is 19.9 Å². The number of alkyl halides is 3. The number of rotatable bonds is 7. The van der Waals surface area contributed by atoms with Crippen LogP contribution >= 0.6 is 0 Å². The molecular formula is C30H27F3N2O4S. The van der Waals surface area contributed by atoms with Crippen LogP contribution in [0.4, 0.5) is 13.2 Å². The summed E-state index contributed by atoms with van der Waals surface area (Å²) in [6, 6.07) is 16.4. The second-order valence-electron chi connectivity index (χ2n) is 10.4. The van der Waals surface area contributed by atoms with Crippen LogP contribution in [0.5, 0.6) is 5.75 Å². The summed E-state index contributed by atoms with van der Waals surface area (Å²) in [5, 5.41) is 0.452. The van der Waals surface area contributed by atoms with Gasteiger partial charge in [0.05, 0.1) is 33.3 Å². The lowest BCUT2D eigenvalue weighted by Gasteiger charge is -2.23. The zero-order chi connectivity index (χ0) is 29.0. The van der Waals surface area contributed by atoms with E-state index in [0.29, 0.717) is 16.7 Å². The topological polar surface area (TPSA) is 99.3 Å². The van der Waals surface area contributed by atoms with Crippen LogP contribution in [-0.2, 0) is 21.4 Å². The average molecular weight is 569 g/mol. The minimum atomic E-state index is -4.54. The Bertz CT molecular complexity index is 1740. The third kappa shape index (κ3) is 5.15. The van der Waals surface area contributed by atoms with Gasteiger partial charge in [-0.2, -0.15) is 13.2 Å². The van der Waals surface area contributed by atoms with Gasteiger partial charge in [-0.3, -0.25) is 4.79 Å². The summed E-state index contributed by atoms with van der Waals surface area (Å²) in [5.41, 5.74) is 7.01. The Balaban J connectivity index is 1.71. The highest BCUT2D eigenvalue weighted by Crippen LogP contribution is 2.57. The highest BCUT2D eigenvalue weighted by atomic mass is 32.2. The highest BCUT2D eigenvalue weighted by Gasteiger charge is 2.48. The second kappa shape index (κ2) is 9.62. The quantitative estimate of drug-likeness (QED) is 0.283. The fourth-order valence-electron chi connectivity index (χ4n) is 5.05. The molecule has 3 aromatic carbocycles. The number of ether oxygens (including phenoxy) is 1. The monoisotopic (exact) mass is 568 g/mol. The second-order valence-corrected chi connectivity index (χ2v) is 12.4. The lowest BCUT2D eigenvalue weighted by atomic mass is 9.86. The maximum absolute atomic E-state index is 13.4. The molecule has 0 saturated heterocycles. The Hall–Kier alpha value is -3.92. The number of carbonyl (C=O) groups is 1. The summed E-state index contributed by atoms with van der Waals surface area (Å²) in [4.78, 5) is 17.4. The molecule has 4 aromatic rings. The molecule has 0 aliphatic heterocycles. The molecule has 2 N–H and O–H groups in total. The minimum absolute atomic E-state index is 0.123. The van der Waals surface area contributed by atoms with E-state index < -0.39 is 32.9 Å². The first kappa shape index (κ1) is 27.6. The molecule has 5 rings (SSSR count). The zero-order valence-corrected chi connectivity index (χ0v) is 22.9. The molecule has 1 aliphatic carbocycles. The standard InChI is InChI=1S/C30H27F3N2O4S/c1-17(2)39-27-16-26-22(14-24(27)29(11-12-29)19-7-9-21(10-8-19)40(3,37)38)23(28(34)36)15-25(35-26)18-5-4-6-20(13-18)30(31,32)33/h4-10,13-17H,11-12H2,1-3H3,(H2,34,36). The van der Waals surface area contributed by atoms with Crippen LogP contribution in [0.1, 0.15) is 53.7 Å².